The second-order valence-electron chi connectivity index (χ2n) is 6.68. The Hall–Kier alpha value is -2.08. The smallest absolute Gasteiger partial charge is 0.0260 e. The van der Waals surface area contributed by atoms with Crippen molar-refractivity contribution in [2.45, 2.75) is 58.8 Å². The molecular formula is C25H32. The SMILES string of the molecule is CCCCCc1ccc(C=CCCC=Cc2ccc(CC)cc2)cc1. The van der Waals surface area contributed by atoms with Crippen LogP contribution in [0.5, 0.6) is 0 Å². The lowest BCUT2D eigenvalue weighted by molar-refractivity contribution is 0.717. The summed E-state index contributed by atoms with van der Waals surface area (Å²) in [6.07, 6.45) is 17.4. The molecule has 0 amide bonds. The summed E-state index contributed by atoms with van der Waals surface area (Å²) in [5, 5.41) is 0. The molecule has 0 aliphatic heterocycles. The fourth-order valence-corrected chi connectivity index (χ4v) is 2.87. The van der Waals surface area contributed by atoms with Crippen molar-refractivity contribution in [2.75, 3.05) is 0 Å². The predicted molar refractivity (Wildman–Crippen MR) is 113 cm³/mol. The standard InChI is InChI=1S/C25H32/c1-3-5-8-11-23-18-20-25(21-19-23)13-10-7-6-9-12-24-16-14-22(4-2)15-17-24/h9-10,12-21H,3-8,11H2,1-2H3. The summed E-state index contributed by atoms with van der Waals surface area (Å²) < 4.78 is 0. The molecule has 0 aliphatic rings. The summed E-state index contributed by atoms with van der Waals surface area (Å²) in [4.78, 5) is 0. The molecule has 0 N–H and O–H groups in total. The predicted octanol–water partition coefficient (Wildman–Crippen LogP) is 7.49. The first kappa shape index (κ1) is 19.2. The van der Waals surface area contributed by atoms with Gasteiger partial charge in [0.15, 0.2) is 0 Å². The van der Waals surface area contributed by atoms with Crippen LogP contribution in [0, 0.1) is 0 Å². The molecule has 0 fully saturated rings. The van der Waals surface area contributed by atoms with Crippen molar-refractivity contribution in [3.63, 3.8) is 0 Å². The second-order valence-corrected chi connectivity index (χ2v) is 6.68. The van der Waals surface area contributed by atoms with E-state index in [1.54, 1.807) is 0 Å². The molecule has 0 saturated carbocycles. The summed E-state index contributed by atoms with van der Waals surface area (Å²) in [5.41, 5.74) is 5.46. The van der Waals surface area contributed by atoms with Crippen molar-refractivity contribution in [1.82, 2.24) is 0 Å². The van der Waals surface area contributed by atoms with Crippen molar-refractivity contribution in [3.05, 3.63) is 82.9 Å². The molecule has 0 heterocycles. The molecule has 0 spiro atoms. The van der Waals surface area contributed by atoms with Crippen molar-refractivity contribution in [1.29, 1.82) is 0 Å². The molecule has 0 radical (unpaired) electrons. The van der Waals surface area contributed by atoms with Crippen LogP contribution in [0.15, 0.2) is 60.7 Å². The highest BCUT2D eigenvalue weighted by molar-refractivity contribution is 5.51. The van der Waals surface area contributed by atoms with E-state index in [9.17, 15) is 0 Å². The van der Waals surface area contributed by atoms with Gasteiger partial charge in [0.1, 0.15) is 0 Å². The molecule has 2 aromatic rings. The molecular weight excluding hydrogens is 300 g/mol. The molecule has 0 aliphatic carbocycles. The average molecular weight is 333 g/mol. The lowest BCUT2D eigenvalue weighted by Gasteiger charge is -2.01. The summed E-state index contributed by atoms with van der Waals surface area (Å²) in [6, 6.07) is 17.9. The maximum Gasteiger partial charge on any atom is -0.0260 e. The van der Waals surface area contributed by atoms with Crippen LogP contribution in [0.25, 0.3) is 12.2 Å². The largest absolute Gasteiger partial charge is 0.0836 e. The Balaban J connectivity index is 1.70. The first-order valence-corrected chi connectivity index (χ1v) is 9.82. The first-order chi connectivity index (χ1) is 12.3. The molecule has 25 heavy (non-hydrogen) atoms. The first-order valence-electron chi connectivity index (χ1n) is 9.82. The van der Waals surface area contributed by atoms with Gasteiger partial charge in [-0.25, -0.2) is 0 Å². The fourth-order valence-electron chi connectivity index (χ4n) is 2.87. The van der Waals surface area contributed by atoms with Crippen molar-refractivity contribution >= 4 is 12.2 Å². The van der Waals surface area contributed by atoms with E-state index in [4.69, 9.17) is 0 Å². The van der Waals surface area contributed by atoms with Gasteiger partial charge in [-0.3, -0.25) is 0 Å². The number of hydrogen-bond acceptors (Lipinski definition) is 0. The number of allylic oxidation sites excluding steroid dienone is 2. The van der Waals surface area contributed by atoms with Gasteiger partial charge in [-0.2, -0.15) is 0 Å². The van der Waals surface area contributed by atoms with Gasteiger partial charge in [0.05, 0.1) is 0 Å². The highest BCUT2D eigenvalue weighted by Crippen LogP contribution is 2.11. The Morgan fingerprint density at radius 2 is 1.16 bits per heavy atom. The summed E-state index contributed by atoms with van der Waals surface area (Å²) in [7, 11) is 0. The Labute approximate surface area is 154 Å². The van der Waals surface area contributed by atoms with Gasteiger partial charge in [-0.15, -0.1) is 0 Å². The topological polar surface area (TPSA) is 0 Å². The normalized spacial score (nSPS) is 11.6. The van der Waals surface area contributed by atoms with Gasteiger partial charge in [0.25, 0.3) is 0 Å². The van der Waals surface area contributed by atoms with Crippen LogP contribution < -0.4 is 0 Å². The summed E-state index contributed by atoms with van der Waals surface area (Å²) in [6.45, 7) is 4.45. The van der Waals surface area contributed by atoms with E-state index in [1.165, 1.54) is 47.9 Å². The third kappa shape index (κ3) is 7.56. The zero-order valence-corrected chi connectivity index (χ0v) is 15.9. The summed E-state index contributed by atoms with van der Waals surface area (Å²) in [5.74, 6) is 0. The second kappa shape index (κ2) is 11.5. The quantitative estimate of drug-likeness (QED) is 0.395. The van der Waals surface area contributed by atoms with Crippen LogP contribution >= 0.6 is 0 Å². The van der Waals surface area contributed by atoms with Crippen LogP contribution in [0.4, 0.5) is 0 Å². The molecule has 0 aromatic heterocycles. The fraction of sp³-hybridized carbons (Fsp3) is 0.360. The highest BCUT2D eigenvalue weighted by Gasteiger charge is 1.93. The number of rotatable bonds is 10. The molecule has 0 unspecified atom stereocenters. The van der Waals surface area contributed by atoms with Gasteiger partial charge < -0.3 is 0 Å². The van der Waals surface area contributed by atoms with Gasteiger partial charge in [-0.1, -0.05) is 99.5 Å². The van der Waals surface area contributed by atoms with Gasteiger partial charge in [0.2, 0.25) is 0 Å². The Bertz CT molecular complexity index is 641. The number of hydrogen-bond donors (Lipinski definition) is 0. The van der Waals surface area contributed by atoms with Crippen molar-refractivity contribution in [2.24, 2.45) is 0 Å². The molecule has 2 rings (SSSR count). The minimum Gasteiger partial charge on any atom is -0.0836 e. The molecule has 2 aromatic carbocycles. The van der Waals surface area contributed by atoms with Gasteiger partial charge in [-0.05, 0) is 54.4 Å². The van der Waals surface area contributed by atoms with Crippen LogP contribution in [-0.2, 0) is 12.8 Å². The zero-order valence-electron chi connectivity index (χ0n) is 15.9. The lowest BCUT2D eigenvalue weighted by Crippen LogP contribution is -1.85. The monoisotopic (exact) mass is 332 g/mol. The maximum absolute atomic E-state index is 2.27. The van der Waals surface area contributed by atoms with Gasteiger partial charge in [0, 0.05) is 0 Å². The Morgan fingerprint density at radius 1 is 0.640 bits per heavy atom. The van der Waals surface area contributed by atoms with Crippen LogP contribution in [-0.4, -0.2) is 0 Å². The van der Waals surface area contributed by atoms with E-state index >= 15 is 0 Å². The molecule has 132 valence electrons. The van der Waals surface area contributed by atoms with E-state index in [1.807, 2.05) is 0 Å². The minimum atomic E-state index is 1.08. The van der Waals surface area contributed by atoms with Crippen molar-refractivity contribution < 1.29 is 0 Å². The van der Waals surface area contributed by atoms with E-state index in [0.717, 1.165) is 19.3 Å². The highest BCUT2D eigenvalue weighted by atomic mass is 14.0. The Kier molecular flexibility index (Phi) is 8.83. The lowest BCUT2D eigenvalue weighted by atomic mass is 10.0. The van der Waals surface area contributed by atoms with Crippen LogP contribution in [0.2, 0.25) is 0 Å². The summed E-state index contributed by atoms with van der Waals surface area (Å²) >= 11 is 0. The average Bonchev–Trinajstić information content (AvgIpc) is 2.66. The van der Waals surface area contributed by atoms with Crippen LogP contribution in [0.3, 0.4) is 0 Å². The molecule has 0 heteroatoms. The van der Waals surface area contributed by atoms with Crippen LogP contribution in [0.1, 0.15) is 68.2 Å². The maximum atomic E-state index is 2.27. The van der Waals surface area contributed by atoms with E-state index in [-0.39, 0.29) is 0 Å². The van der Waals surface area contributed by atoms with Crippen molar-refractivity contribution in [3.8, 4) is 0 Å². The van der Waals surface area contributed by atoms with Gasteiger partial charge >= 0.3 is 0 Å². The zero-order chi connectivity index (χ0) is 17.7. The number of unbranched alkanes of at least 4 members (excludes halogenated alkanes) is 3. The molecule has 0 nitrogen and oxygen atoms in total. The third-order valence-corrected chi connectivity index (χ3v) is 4.56. The minimum absolute atomic E-state index is 1.08. The number of benzene rings is 2. The molecule has 0 saturated heterocycles. The van der Waals surface area contributed by atoms with E-state index in [0.29, 0.717) is 0 Å². The number of aryl methyl sites for hydroxylation is 2. The van der Waals surface area contributed by atoms with E-state index in [2.05, 4.69) is 86.7 Å². The Morgan fingerprint density at radius 3 is 1.64 bits per heavy atom. The molecule has 0 atom stereocenters. The third-order valence-electron chi connectivity index (χ3n) is 4.56. The van der Waals surface area contributed by atoms with E-state index < -0.39 is 0 Å². The molecule has 0 bridgehead atoms.